The number of aryl methyl sites for hydroxylation is 1. The Morgan fingerprint density at radius 1 is 1.43 bits per heavy atom. The Bertz CT molecular complexity index is 611. The highest BCUT2D eigenvalue weighted by atomic mass is 32.2. The van der Waals surface area contributed by atoms with E-state index in [0.717, 1.165) is 22.8 Å². The molecule has 1 heterocycles. The molecular weight excluding hydrogens is 284 g/mol. The summed E-state index contributed by atoms with van der Waals surface area (Å²) in [6.45, 7) is 6.09. The third-order valence-corrected chi connectivity index (χ3v) is 4.19. The second-order valence-electron chi connectivity index (χ2n) is 4.94. The number of benzene rings is 1. The van der Waals surface area contributed by atoms with Gasteiger partial charge in [-0.3, -0.25) is 9.36 Å². The summed E-state index contributed by atoms with van der Waals surface area (Å²) < 4.78 is 1.91. The number of nitrogens with one attached hydrogen (secondary N) is 1. The van der Waals surface area contributed by atoms with Crippen LogP contribution in [-0.4, -0.2) is 32.5 Å². The Hall–Kier alpha value is -1.82. The molecule has 1 atom stereocenters. The monoisotopic (exact) mass is 304 g/mol. The molecule has 2 rings (SSSR count). The predicted octanol–water partition coefficient (Wildman–Crippen LogP) is 2.58. The Kier molecular flexibility index (Phi) is 5.38. The van der Waals surface area contributed by atoms with Crippen LogP contribution in [0, 0.1) is 6.92 Å². The fourth-order valence-electron chi connectivity index (χ4n) is 1.87. The van der Waals surface area contributed by atoms with E-state index in [9.17, 15) is 4.79 Å². The molecule has 0 fully saturated rings. The molecule has 0 aliphatic heterocycles. The Morgan fingerprint density at radius 2 is 2.19 bits per heavy atom. The number of thioether (sulfide) groups is 1. The maximum absolute atomic E-state index is 11.8. The number of carbonyl (C=O) groups is 1. The molecular formula is C15H20N4OS. The summed E-state index contributed by atoms with van der Waals surface area (Å²) in [4.78, 5) is 11.8. The fraction of sp³-hybridized carbons (Fsp3) is 0.400. The smallest absolute Gasteiger partial charge is 0.230 e. The van der Waals surface area contributed by atoms with Crippen molar-refractivity contribution in [3.05, 3.63) is 36.2 Å². The summed E-state index contributed by atoms with van der Waals surface area (Å²) in [5.41, 5.74) is 2.18. The molecule has 0 radical (unpaired) electrons. The molecule has 0 saturated heterocycles. The molecule has 0 aliphatic rings. The van der Waals surface area contributed by atoms with Crippen molar-refractivity contribution in [3.63, 3.8) is 0 Å². The van der Waals surface area contributed by atoms with Gasteiger partial charge < -0.3 is 5.32 Å². The SMILES string of the molecule is CC[C@@H](C)NC(=O)CSc1nncn1-c1ccccc1C. The summed E-state index contributed by atoms with van der Waals surface area (Å²) in [5.74, 6) is 0.364. The van der Waals surface area contributed by atoms with Crippen LogP contribution in [0.25, 0.3) is 5.69 Å². The van der Waals surface area contributed by atoms with Crippen LogP contribution < -0.4 is 5.32 Å². The Labute approximate surface area is 129 Å². The molecule has 0 saturated carbocycles. The van der Waals surface area contributed by atoms with Gasteiger partial charge in [0.15, 0.2) is 5.16 Å². The van der Waals surface area contributed by atoms with E-state index in [-0.39, 0.29) is 11.9 Å². The van der Waals surface area contributed by atoms with Gasteiger partial charge in [-0.05, 0) is 31.9 Å². The molecule has 1 aromatic heterocycles. The number of rotatable bonds is 6. The quantitative estimate of drug-likeness (QED) is 0.833. The number of hydrogen-bond acceptors (Lipinski definition) is 4. The maximum atomic E-state index is 11.8. The maximum Gasteiger partial charge on any atom is 0.230 e. The van der Waals surface area contributed by atoms with Crippen LogP contribution in [-0.2, 0) is 4.79 Å². The van der Waals surface area contributed by atoms with Gasteiger partial charge in [-0.15, -0.1) is 10.2 Å². The van der Waals surface area contributed by atoms with E-state index in [0.29, 0.717) is 5.75 Å². The highest BCUT2D eigenvalue weighted by molar-refractivity contribution is 7.99. The van der Waals surface area contributed by atoms with Crippen LogP contribution in [0.5, 0.6) is 0 Å². The first-order valence-corrected chi connectivity index (χ1v) is 7.98. The lowest BCUT2D eigenvalue weighted by atomic mass is 10.2. The zero-order valence-electron chi connectivity index (χ0n) is 12.5. The molecule has 1 N–H and O–H groups in total. The van der Waals surface area contributed by atoms with Crippen LogP contribution >= 0.6 is 11.8 Å². The molecule has 21 heavy (non-hydrogen) atoms. The number of nitrogens with zero attached hydrogens (tertiary/aromatic N) is 3. The largest absolute Gasteiger partial charge is 0.353 e. The summed E-state index contributed by atoms with van der Waals surface area (Å²) in [6, 6.07) is 8.23. The average molecular weight is 304 g/mol. The standard InChI is InChI=1S/C15H20N4OS/c1-4-12(3)17-14(20)9-21-15-18-16-10-19(15)13-8-6-5-7-11(13)2/h5-8,10,12H,4,9H2,1-3H3,(H,17,20)/t12-/m1/s1. The molecule has 1 aromatic carbocycles. The highest BCUT2D eigenvalue weighted by Gasteiger charge is 2.12. The Balaban J connectivity index is 2.05. The van der Waals surface area contributed by atoms with Gasteiger partial charge in [-0.1, -0.05) is 36.9 Å². The van der Waals surface area contributed by atoms with Crippen molar-refractivity contribution in [2.45, 2.75) is 38.4 Å². The zero-order valence-corrected chi connectivity index (χ0v) is 13.4. The third kappa shape index (κ3) is 4.07. The van der Waals surface area contributed by atoms with E-state index in [1.807, 2.05) is 49.6 Å². The van der Waals surface area contributed by atoms with E-state index < -0.39 is 0 Å². The van der Waals surface area contributed by atoms with E-state index in [4.69, 9.17) is 0 Å². The van der Waals surface area contributed by atoms with Crippen LogP contribution in [0.4, 0.5) is 0 Å². The number of carbonyl (C=O) groups excluding carboxylic acids is 1. The molecule has 5 nitrogen and oxygen atoms in total. The van der Waals surface area contributed by atoms with Gasteiger partial charge in [0, 0.05) is 6.04 Å². The zero-order chi connectivity index (χ0) is 15.2. The van der Waals surface area contributed by atoms with Crippen molar-refractivity contribution in [1.29, 1.82) is 0 Å². The summed E-state index contributed by atoms with van der Waals surface area (Å²) >= 11 is 1.40. The van der Waals surface area contributed by atoms with Gasteiger partial charge in [-0.2, -0.15) is 0 Å². The van der Waals surface area contributed by atoms with Gasteiger partial charge in [-0.25, -0.2) is 0 Å². The van der Waals surface area contributed by atoms with Crippen molar-refractivity contribution < 1.29 is 4.79 Å². The molecule has 0 unspecified atom stereocenters. The molecule has 112 valence electrons. The van der Waals surface area contributed by atoms with Gasteiger partial charge in [0.25, 0.3) is 0 Å². The van der Waals surface area contributed by atoms with Crippen molar-refractivity contribution in [2.24, 2.45) is 0 Å². The molecule has 0 aliphatic carbocycles. The van der Waals surface area contributed by atoms with E-state index in [1.54, 1.807) is 6.33 Å². The summed E-state index contributed by atoms with van der Waals surface area (Å²) in [6.07, 6.45) is 2.60. The summed E-state index contributed by atoms with van der Waals surface area (Å²) in [7, 11) is 0. The van der Waals surface area contributed by atoms with Crippen molar-refractivity contribution in [2.75, 3.05) is 5.75 Å². The Morgan fingerprint density at radius 3 is 2.90 bits per heavy atom. The second kappa shape index (κ2) is 7.26. The molecule has 2 aromatic rings. The first-order chi connectivity index (χ1) is 10.1. The number of amides is 1. The molecule has 0 bridgehead atoms. The minimum Gasteiger partial charge on any atom is -0.353 e. The lowest BCUT2D eigenvalue weighted by Crippen LogP contribution is -2.33. The fourth-order valence-corrected chi connectivity index (χ4v) is 2.60. The lowest BCUT2D eigenvalue weighted by molar-refractivity contribution is -0.119. The first-order valence-electron chi connectivity index (χ1n) is 7.00. The number of aromatic nitrogens is 3. The topological polar surface area (TPSA) is 59.8 Å². The first kappa shape index (κ1) is 15.6. The van der Waals surface area contributed by atoms with Crippen molar-refractivity contribution in [3.8, 4) is 5.69 Å². The van der Waals surface area contributed by atoms with Gasteiger partial charge in [0.2, 0.25) is 5.91 Å². The number of hydrogen-bond donors (Lipinski definition) is 1. The highest BCUT2D eigenvalue weighted by Crippen LogP contribution is 2.21. The van der Waals surface area contributed by atoms with Gasteiger partial charge in [0.05, 0.1) is 11.4 Å². The second-order valence-corrected chi connectivity index (χ2v) is 5.88. The van der Waals surface area contributed by atoms with Crippen molar-refractivity contribution >= 4 is 17.7 Å². The van der Waals surface area contributed by atoms with E-state index in [2.05, 4.69) is 15.5 Å². The molecule has 0 spiro atoms. The minimum absolute atomic E-state index is 0.0219. The van der Waals surface area contributed by atoms with E-state index in [1.165, 1.54) is 11.8 Å². The molecule has 6 heteroatoms. The van der Waals surface area contributed by atoms with Crippen LogP contribution in [0.1, 0.15) is 25.8 Å². The summed E-state index contributed by atoms with van der Waals surface area (Å²) in [5, 5.41) is 11.7. The normalized spacial score (nSPS) is 12.1. The molecule has 1 amide bonds. The lowest BCUT2D eigenvalue weighted by Gasteiger charge is -2.11. The average Bonchev–Trinajstić information content (AvgIpc) is 2.93. The van der Waals surface area contributed by atoms with Gasteiger partial charge >= 0.3 is 0 Å². The third-order valence-electron chi connectivity index (χ3n) is 3.24. The van der Waals surface area contributed by atoms with Crippen LogP contribution in [0.3, 0.4) is 0 Å². The minimum atomic E-state index is 0.0219. The number of para-hydroxylation sites is 1. The van der Waals surface area contributed by atoms with E-state index >= 15 is 0 Å². The van der Waals surface area contributed by atoms with Crippen LogP contribution in [0.15, 0.2) is 35.7 Å². The van der Waals surface area contributed by atoms with Crippen LogP contribution in [0.2, 0.25) is 0 Å². The van der Waals surface area contributed by atoms with Crippen molar-refractivity contribution in [1.82, 2.24) is 20.1 Å². The predicted molar refractivity (Wildman–Crippen MR) is 84.7 cm³/mol. The van der Waals surface area contributed by atoms with Gasteiger partial charge in [0.1, 0.15) is 6.33 Å².